The Labute approximate surface area is 120 Å². The molecule has 1 saturated heterocycles. The molecule has 1 amide bonds. The fourth-order valence-electron chi connectivity index (χ4n) is 3.55. The predicted molar refractivity (Wildman–Crippen MR) is 76.4 cm³/mol. The maximum Gasteiger partial charge on any atom is 0.323 e. The number of nitrogens with zero attached hydrogens (tertiary/aromatic N) is 1. The molecule has 20 heavy (non-hydrogen) atoms. The molecule has 5 nitrogen and oxygen atoms in total. The van der Waals surface area contributed by atoms with Gasteiger partial charge in [0, 0.05) is 12.1 Å². The van der Waals surface area contributed by atoms with E-state index in [4.69, 9.17) is 5.11 Å². The van der Waals surface area contributed by atoms with Crippen molar-refractivity contribution in [1.29, 1.82) is 0 Å². The van der Waals surface area contributed by atoms with E-state index in [1.807, 2.05) is 13.8 Å². The van der Waals surface area contributed by atoms with Crippen LogP contribution in [0.15, 0.2) is 0 Å². The number of rotatable bonds is 4. The molecule has 0 aromatic carbocycles. The quantitative estimate of drug-likeness (QED) is 0.822. The van der Waals surface area contributed by atoms with Gasteiger partial charge < -0.3 is 15.3 Å². The Balaban J connectivity index is 1.98. The number of carbonyl (C=O) groups is 2. The molecule has 2 N–H and O–H groups in total. The van der Waals surface area contributed by atoms with E-state index in [9.17, 15) is 9.59 Å². The highest BCUT2D eigenvalue weighted by Crippen LogP contribution is 2.32. The largest absolute Gasteiger partial charge is 0.480 e. The molecule has 0 aromatic heterocycles. The molecule has 0 radical (unpaired) electrons. The molecule has 3 atom stereocenters. The van der Waals surface area contributed by atoms with Gasteiger partial charge in [0.1, 0.15) is 6.54 Å². The van der Waals surface area contributed by atoms with Crippen molar-refractivity contribution in [1.82, 2.24) is 10.2 Å². The molecule has 0 bridgehead atoms. The van der Waals surface area contributed by atoms with Crippen LogP contribution in [0.1, 0.15) is 52.4 Å². The number of carboxylic acid groups (broad SMARTS) is 1. The van der Waals surface area contributed by atoms with Gasteiger partial charge in [-0.3, -0.25) is 9.59 Å². The average Bonchev–Trinajstić information content (AvgIpc) is 2.43. The molecule has 114 valence electrons. The zero-order valence-corrected chi connectivity index (χ0v) is 12.5. The number of aliphatic carboxylic acids is 1. The summed E-state index contributed by atoms with van der Waals surface area (Å²) in [5, 5.41) is 12.4. The molecule has 1 saturated carbocycles. The molecular formula is C15H26N2O3. The van der Waals surface area contributed by atoms with E-state index in [0.29, 0.717) is 12.0 Å². The van der Waals surface area contributed by atoms with Gasteiger partial charge in [-0.05, 0) is 45.4 Å². The van der Waals surface area contributed by atoms with E-state index in [0.717, 1.165) is 19.3 Å². The van der Waals surface area contributed by atoms with E-state index in [1.54, 1.807) is 0 Å². The van der Waals surface area contributed by atoms with Gasteiger partial charge in [0.2, 0.25) is 5.91 Å². The van der Waals surface area contributed by atoms with Crippen LogP contribution in [0.3, 0.4) is 0 Å². The molecule has 0 aromatic rings. The summed E-state index contributed by atoms with van der Waals surface area (Å²) in [7, 11) is 0. The molecule has 2 aliphatic rings. The van der Waals surface area contributed by atoms with Gasteiger partial charge in [-0.1, -0.05) is 12.8 Å². The van der Waals surface area contributed by atoms with Crippen LogP contribution in [-0.2, 0) is 9.59 Å². The first kappa shape index (κ1) is 15.3. The van der Waals surface area contributed by atoms with Crippen molar-refractivity contribution in [2.24, 2.45) is 5.92 Å². The van der Waals surface area contributed by atoms with Gasteiger partial charge in [-0.2, -0.15) is 0 Å². The average molecular weight is 282 g/mol. The summed E-state index contributed by atoms with van der Waals surface area (Å²) in [6.45, 7) is 3.53. The summed E-state index contributed by atoms with van der Waals surface area (Å²) in [5.74, 6) is -0.287. The first-order valence-corrected chi connectivity index (χ1v) is 7.77. The van der Waals surface area contributed by atoms with Crippen LogP contribution in [0.5, 0.6) is 0 Å². The fourth-order valence-corrected chi connectivity index (χ4v) is 3.55. The van der Waals surface area contributed by atoms with Crippen molar-refractivity contribution in [2.75, 3.05) is 6.54 Å². The number of carbonyl (C=O) groups excluding carboxylic acids is 1. The molecule has 1 aliphatic heterocycles. The summed E-state index contributed by atoms with van der Waals surface area (Å²) in [6, 6.07) is 0.172. The standard InChI is InChI=1S/C15H26N2O3/c1-10(2)17(9-14(18)19)15(20)13-8-7-11-5-3-4-6-12(11)16-13/h10-13,16H,3-9H2,1-2H3,(H,18,19). The van der Waals surface area contributed by atoms with Gasteiger partial charge in [-0.25, -0.2) is 0 Å². The zero-order chi connectivity index (χ0) is 14.7. The Kier molecular flexibility index (Phi) is 5.02. The number of hydrogen-bond acceptors (Lipinski definition) is 3. The van der Waals surface area contributed by atoms with E-state index >= 15 is 0 Å². The molecule has 2 fully saturated rings. The Bertz CT molecular complexity index is 370. The van der Waals surface area contributed by atoms with Crippen LogP contribution < -0.4 is 5.32 Å². The van der Waals surface area contributed by atoms with Crippen molar-refractivity contribution in [2.45, 2.75) is 70.5 Å². The number of piperidine rings is 1. The van der Waals surface area contributed by atoms with Crippen LogP contribution in [0.2, 0.25) is 0 Å². The Morgan fingerprint density at radius 2 is 1.90 bits per heavy atom. The number of nitrogens with one attached hydrogen (secondary N) is 1. The lowest BCUT2D eigenvalue weighted by Gasteiger charge is -2.41. The Morgan fingerprint density at radius 1 is 1.20 bits per heavy atom. The van der Waals surface area contributed by atoms with Crippen molar-refractivity contribution in [3.63, 3.8) is 0 Å². The smallest absolute Gasteiger partial charge is 0.323 e. The van der Waals surface area contributed by atoms with E-state index < -0.39 is 5.97 Å². The molecule has 3 unspecified atom stereocenters. The minimum atomic E-state index is -0.946. The Morgan fingerprint density at radius 3 is 2.55 bits per heavy atom. The molecule has 5 heteroatoms. The second-order valence-corrected chi connectivity index (χ2v) is 6.40. The third-order valence-electron chi connectivity index (χ3n) is 4.66. The minimum Gasteiger partial charge on any atom is -0.480 e. The summed E-state index contributed by atoms with van der Waals surface area (Å²) < 4.78 is 0. The maximum atomic E-state index is 12.5. The van der Waals surface area contributed by atoms with Gasteiger partial charge in [-0.15, -0.1) is 0 Å². The summed E-state index contributed by atoms with van der Waals surface area (Å²) in [6.07, 6.45) is 6.88. The molecule has 2 rings (SSSR count). The predicted octanol–water partition coefficient (Wildman–Crippen LogP) is 1.62. The van der Waals surface area contributed by atoms with Crippen molar-refractivity contribution in [3.8, 4) is 0 Å². The van der Waals surface area contributed by atoms with Gasteiger partial charge >= 0.3 is 5.97 Å². The molecule has 1 heterocycles. The van der Waals surface area contributed by atoms with Crippen LogP contribution in [0.4, 0.5) is 0 Å². The van der Waals surface area contributed by atoms with E-state index in [1.165, 1.54) is 24.2 Å². The van der Waals surface area contributed by atoms with E-state index in [-0.39, 0.29) is 24.5 Å². The van der Waals surface area contributed by atoms with Gasteiger partial charge in [0.25, 0.3) is 0 Å². The van der Waals surface area contributed by atoms with E-state index in [2.05, 4.69) is 5.32 Å². The fraction of sp³-hybridized carbons (Fsp3) is 0.867. The molecule has 1 aliphatic carbocycles. The lowest BCUT2D eigenvalue weighted by Crippen LogP contribution is -2.57. The molecular weight excluding hydrogens is 256 g/mol. The van der Waals surface area contributed by atoms with Crippen LogP contribution in [-0.4, -0.2) is 46.6 Å². The minimum absolute atomic E-state index is 0.0496. The number of amides is 1. The van der Waals surface area contributed by atoms with Crippen LogP contribution >= 0.6 is 0 Å². The third kappa shape index (κ3) is 3.51. The van der Waals surface area contributed by atoms with Crippen molar-refractivity contribution < 1.29 is 14.7 Å². The van der Waals surface area contributed by atoms with Crippen LogP contribution in [0, 0.1) is 5.92 Å². The lowest BCUT2D eigenvalue weighted by atomic mass is 9.77. The van der Waals surface area contributed by atoms with Crippen molar-refractivity contribution >= 4 is 11.9 Å². The number of hydrogen-bond donors (Lipinski definition) is 2. The third-order valence-corrected chi connectivity index (χ3v) is 4.66. The van der Waals surface area contributed by atoms with Gasteiger partial charge in [0.15, 0.2) is 0 Å². The highest BCUT2D eigenvalue weighted by Gasteiger charge is 2.36. The number of fused-ring (bicyclic) bond motifs is 1. The Hall–Kier alpha value is -1.10. The first-order valence-electron chi connectivity index (χ1n) is 7.77. The maximum absolute atomic E-state index is 12.5. The summed E-state index contributed by atoms with van der Waals surface area (Å²) in [4.78, 5) is 24.9. The van der Waals surface area contributed by atoms with Crippen LogP contribution in [0.25, 0.3) is 0 Å². The lowest BCUT2D eigenvalue weighted by molar-refractivity contribution is -0.147. The van der Waals surface area contributed by atoms with Gasteiger partial charge in [0.05, 0.1) is 6.04 Å². The monoisotopic (exact) mass is 282 g/mol. The SMILES string of the molecule is CC(C)N(CC(=O)O)C(=O)C1CCC2CCCCC2N1. The highest BCUT2D eigenvalue weighted by molar-refractivity contribution is 5.85. The second kappa shape index (κ2) is 6.57. The summed E-state index contributed by atoms with van der Waals surface area (Å²) in [5.41, 5.74) is 0. The second-order valence-electron chi connectivity index (χ2n) is 6.40. The molecule has 0 spiro atoms. The highest BCUT2D eigenvalue weighted by atomic mass is 16.4. The zero-order valence-electron chi connectivity index (χ0n) is 12.5. The van der Waals surface area contributed by atoms with Crippen molar-refractivity contribution in [3.05, 3.63) is 0 Å². The normalized spacial score (nSPS) is 29.9. The summed E-state index contributed by atoms with van der Waals surface area (Å²) >= 11 is 0. The first-order chi connectivity index (χ1) is 9.49. The topological polar surface area (TPSA) is 69.6 Å². The number of carboxylic acids is 1.